The zero-order valence-electron chi connectivity index (χ0n) is 19.8. The standard InChI is InChI=1S/C22H25N5O3/c1-4-27-10-9-13-7-8-16(20(30-3)19(13)27)25-17-11-18(26-21(28)14-5-6-14)24-12-15(17)22(29)23-2/h7-12,14H,4-6H2,1-3H3,(H,23,29)(H2,24,25,26,28)/i2D3. The van der Waals surface area contributed by atoms with Crippen LogP contribution in [0.15, 0.2) is 36.7 Å². The maximum atomic E-state index is 12.7. The molecule has 3 aromatic rings. The van der Waals surface area contributed by atoms with Crippen molar-refractivity contribution < 1.29 is 18.4 Å². The van der Waals surface area contributed by atoms with Crippen LogP contribution in [0.4, 0.5) is 17.2 Å². The smallest absolute Gasteiger partial charge is 0.254 e. The summed E-state index contributed by atoms with van der Waals surface area (Å²) in [6.45, 7) is 0.0991. The molecule has 2 heterocycles. The van der Waals surface area contributed by atoms with E-state index in [1.54, 1.807) is 7.11 Å². The third-order valence-electron chi connectivity index (χ3n) is 5.16. The first-order valence-corrected chi connectivity index (χ1v) is 9.76. The summed E-state index contributed by atoms with van der Waals surface area (Å²) in [6.07, 6.45) is 4.88. The van der Waals surface area contributed by atoms with Gasteiger partial charge in [-0.25, -0.2) is 4.98 Å². The molecule has 4 rings (SSSR count). The van der Waals surface area contributed by atoms with Crippen molar-refractivity contribution in [2.75, 3.05) is 24.7 Å². The van der Waals surface area contributed by atoms with Crippen LogP contribution in [0.3, 0.4) is 0 Å². The summed E-state index contributed by atoms with van der Waals surface area (Å²) in [5.41, 5.74) is 1.76. The molecule has 0 bridgehead atoms. The lowest BCUT2D eigenvalue weighted by atomic mass is 10.1. The first kappa shape index (κ1) is 16.3. The molecule has 0 aliphatic heterocycles. The molecule has 2 amide bonds. The zero-order valence-corrected chi connectivity index (χ0v) is 16.8. The maximum Gasteiger partial charge on any atom is 0.254 e. The van der Waals surface area contributed by atoms with Gasteiger partial charge in [-0.05, 0) is 31.9 Å². The molecule has 3 N–H and O–H groups in total. The van der Waals surface area contributed by atoms with Crippen LogP contribution in [0.25, 0.3) is 10.9 Å². The van der Waals surface area contributed by atoms with Crippen molar-refractivity contribution in [3.8, 4) is 5.75 Å². The van der Waals surface area contributed by atoms with E-state index in [1.165, 1.54) is 12.3 Å². The molecule has 1 aromatic carbocycles. The van der Waals surface area contributed by atoms with E-state index in [0.717, 1.165) is 30.3 Å². The van der Waals surface area contributed by atoms with E-state index < -0.39 is 12.9 Å². The van der Waals surface area contributed by atoms with E-state index >= 15 is 0 Å². The number of carbonyl (C=O) groups excluding carboxylic acids is 2. The number of rotatable bonds is 7. The number of ether oxygens (including phenoxy) is 1. The molecule has 1 fully saturated rings. The second kappa shape index (κ2) is 8.06. The third kappa shape index (κ3) is 3.68. The summed E-state index contributed by atoms with van der Waals surface area (Å²) in [6, 6.07) is 7.23. The molecule has 0 radical (unpaired) electrons. The fourth-order valence-electron chi connectivity index (χ4n) is 3.42. The highest BCUT2D eigenvalue weighted by Crippen LogP contribution is 2.37. The molecule has 0 atom stereocenters. The van der Waals surface area contributed by atoms with Gasteiger partial charge >= 0.3 is 0 Å². The minimum Gasteiger partial charge on any atom is -0.492 e. The molecular weight excluding hydrogens is 382 g/mol. The van der Waals surface area contributed by atoms with Gasteiger partial charge in [0.25, 0.3) is 5.91 Å². The Labute approximate surface area is 178 Å². The SMILES string of the molecule is [2H]C([2H])([2H])NC(=O)c1cnc(NC(=O)C2CC2)cc1Nc1ccc2ccn(CC)c2c1OC. The van der Waals surface area contributed by atoms with Gasteiger partial charge in [-0.15, -0.1) is 0 Å². The average Bonchev–Trinajstić information content (AvgIpc) is 3.52. The Balaban J connectivity index is 1.75. The van der Waals surface area contributed by atoms with Gasteiger partial charge in [0.05, 0.1) is 29.6 Å². The molecule has 0 spiro atoms. The maximum absolute atomic E-state index is 12.7. The minimum absolute atomic E-state index is 0.0172. The number of hydrogen-bond acceptors (Lipinski definition) is 5. The monoisotopic (exact) mass is 410 g/mol. The van der Waals surface area contributed by atoms with Crippen molar-refractivity contribution >= 4 is 39.9 Å². The van der Waals surface area contributed by atoms with Crippen LogP contribution in [-0.2, 0) is 11.3 Å². The van der Waals surface area contributed by atoms with E-state index in [4.69, 9.17) is 8.85 Å². The second-order valence-electron chi connectivity index (χ2n) is 7.14. The molecule has 30 heavy (non-hydrogen) atoms. The van der Waals surface area contributed by atoms with Crippen molar-refractivity contribution in [2.24, 2.45) is 5.92 Å². The normalized spacial score (nSPS) is 15.1. The third-order valence-corrected chi connectivity index (χ3v) is 5.16. The number of aromatic nitrogens is 2. The Kier molecular flexibility index (Phi) is 4.37. The van der Waals surface area contributed by atoms with E-state index in [0.29, 0.717) is 11.4 Å². The zero-order chi connectivity index (χ0) is 23.8. The van der Waals surface area contributed by atoms with E-state index in [9.17, 15) is 9.59 Å². The number of pyridine rings is 1. The molecule has 0 saturated heterocycles. The lowest BCUT2D eigenvalue weighted by Crippen LogP contribution is -2.20. The number of methoxy groups -OCH3 is 1. The largest absolute Gasteiger partial charge is 0.492 e. The summed E-state index contributed by atoms with van der Waals surface area (Å²) in [5.74, 6) is -0.139. The molecular formula is C22H25N5O3. The van der Waals surface area contributed by atoms with Crippen molar-refractivity contribution in [3.63, 3.8) is 0 Å². The summed E-state index contributed by atoms with van der Waals surface area (Å²) in [7, 11) is 1.56. The van der Waals surface area contributed by atoms with Gasteiger partial charge in [0.15, 0.2) is 5.75 Å². The highest BCUT2D eigenvalue weighted by atomic mass is 16.5. The van der Waals surface area contributed by atoms with Gasteiger partial charge in [0, 0.05) is 47.4 Å². The highest BCUT2D eigenvalue weighted by molar-refractivity contribution is 6.02. The molecule has 1 saturated carbocycles. The first-order chi connectivity index (χ1) is 15.7. The van der Waals surface area contributed by atoms with Crippen LogP contribution in [0.1, 0.15) is 34.2 Å². The Morgan fingerprint density at radius 2 is 2.13 bits per heavy atom. The van der Waals surface area contributed by atoms with Crippen LogP contribution < -0.4 is 20.7 Å². The fourth-order valence-corrected chi connectivity index (χ4v) is 3.42. The topological polar surface area (TPSA) is 97.3 Å². The van der Waals surface area contributed by atoms with Crippen molar-refractivity contribution in [3.05, 3.63) is 42.2 Å². The Hall–Kier alpha value is -3.55. The predicted octanol–water partition coefficient (Wildman–Crippen LogP) is 3.52. The fraction of sp³-hybridized carbons (Fsp3) is 0.318. The number of nitrogens with one attached hydrogen (secondary N) is 3. The number of hydrogen-bond donors (Lipinski definition) is 3. The lowest BCUT2D eigenvalue weighted by molar-refractivity contribution is -0.117. The Morgan fingerprint density at radius 3 is 2.83 bits per heavy atom. The van der Waals surface area contributed by atoms with Gasteiger partial charge in [-0.3, -0.25) is 9.59 Å². The number of nitrogens with zero attached hydrogens (tertiary/aromatic N) is 2. The van der Waals surface area contributed by atoms with Gasteiger partial charge in [0.2, 0.25) is 5.91 Å². The molecule has 1 aliphatic carbocycles. The summed E-state index contributed by atoms with van der Waals surface area (Å²) >= 11 is 0. The molecule has 156 valence electrons. The van der Waals surface area contributed by atoms with Gasteiger partial charge in [-0.2, -0.15) is 0 Å². The highest BCUT2D eigenvalue weighted by Gasteiger charge is 2.30. The summed E-state index contributed by atoms with van der Waals surface area (Å²) in [5, 5.41) is 8.90. The average molecular weight is 410 g/mol. The predicted molar refractivity (Wildman–Crippen MR) is 116 cm³/mol. The van der Waals surface area contributed by atoms with Gasteiger partial charge in [0.1, 0.15) is 5.82 Å². The van der Waals surface area contributed by atoms with Gasteiger partial charge in [-0.1, -0.05) is 6.07 Å². The first-order valence-electron chi connectivity index (χ1n) is 11.3. The molecule has 1 aliphatic rings. The number of amides is 2. The Morgan fingerprint density at radius 1 is 1.30 bits per heavy atom. The number of fused-ring (bicyclic) bond motifs is 1. The summed E-state index contributed by atoms with van der Waals surface area (Å²) in [4.78, 5) is 29.0. The van der Waals surface area contributed by atoms with Crippen LogP contribution in [0.5, 0.6) is 5.75 Å². The second-order valence-corrected chi connectivity index (χ2v) is 7.14. The van der Waals surface area contributed by atoms with Crippen LogP contribution >= 0.6 is 0 Å². The minimum atomic E-state index is -2.66. The quantitative estimate of drug-likeness (QED) is 0.554. The van der Waals surface area contributed by atoms with E-state index in [1.807, 2.05) is 41.2 Å². The Bertz CT molecular complexity index is 1220. The van der Waals surface area contributed by atoms with Crippen LogP contribution in [-0.4, -0.2) is 35.5 Å². The molecule has 8 nitrogen and oxygen atoms in total. The number of anilines is 3. The molecule has 2 aromatic heterocycles. The number of benzene rings is 1. The van der Waals surface area contributed by atoms with Crippen LogP contribution in [0, 0.1) is 5.92 Å². The van der Waals surface area contributed by atoms with Gasteiger partial charge < -0.3 is 25.3 Å². The lowest BCUT2D eigenvalue weighted by Gasteiger charge is -2.17. The van der Waals surface area contributed by atoms with Crippen molar-refractivity contribution in [2.45, 2.75) is 26.3 Å². The van der Waals surface area contributed by atoms with E-state index in [-0.39, 0.29) is 28.9 Å². The van der Waals surface area contributed by atoms with Crippen LogP contribution in [0.2, 0.25) is 0 Å². The number of carbonyl (C=O) groups is 2. The van der Waals surface area contributed by atoms with E-state index in [2.05, 4.69) is 15.6 Å². The molecule has 0 unspecified atom stereocenters. The summed E-state index contributed by atoms with van der Waals surface area (Å²) < 4.78 is 29.8. The van der Waals surface area contributed by atoms with Crippen molar-refractivity contribution in [1.82, 2.24) is 14.9 Å². The number of aryl methyl sites for hydroxylation is 1. The van der Waals surface area contributed by atoms with Crippen molar-refractivity contribution in [1.29, 1.82) is 0 Å². The molecule has 8 heteroatoms.